The molecule has 3 fully saturated rings. The molecule has 4 rings (SSSR count). The molecule has 2 aliphatic carbocycles. The number of Topliss-reactive ketones (excluding diaryl/α,β-unsaturated/α-hetero) is 1. The van der Waals surface area contributed by atoms with Crippen molar-refractivity contribution in [2.75, 3.05) is 6.54 Å². The van der Waals surface area contributed by atoms with Crippen LogP contribution in [0.4, 0.5) is 0 Å². The first-order valence-electron chi connectivity index (χ1n) is 10.0. The highest BCUT2D eigenvalue weighted by Gasteiger charge is 2.52. The van der Waals surface area contributed by atoms with E-state index in [1.54, 1.807) is 0 Å². The number of benzene rings is 1. The fourth-order valence-electron chi connectivity index (χ4n) is 5.92. The minimum Gasteiger partial charge on any atom is -0.335 e. The van der Waals surface area contributed by atoms with Crippen LogP contribution in [0, 0.1) is 30.6 Å². The summed E-state index contributed by atoms with van der Waals surface area (Å²) < 4.78 is 0. The molecule has 0 bridgehead atoms. The average molecular weight is 339 g/mol. The van der Waals surface area contributed by atoms with E-state index >= 15 is 0 Å². The van der Waals surface area contributed by atoms with Gasteiger partial charge in [-0.05, 0) is 62.5 Å². The molecule has 3 heteroatoms. The summed E-state index contributed by atoms with van der Waals surface area (Å²) in [5.74, 6) is 2.47. The van der Waals surface area contributed by atoms with Gasteiger partial charge in [0.2, 0.25) is 0 Å². The summed E-state index contributed by atoms with van der Waals surface area (Å²) >= 11 is 0. The van der Waals surface area contributed by atoms with Crippen molar-refractivity contribution in [3.8, 4) is 0 Å². The lowest BCUT2D eigenvalue weighted by atomic mass is 9.56. The zero-order valence-electron chi connectivity index (χ0n) is 15.4. The lowest BCUT2D eigenvalue weighted by molar-refractivity contribution is -0.137. The Morgan fingerprint density at radius 3 is 2.64 bits per heavy atom. The number of piperidine rings is 1. The fourth-order valence-corrected chi connectivity index (χ4v) is 5.92. The van der Waals surface area contributed by atoms with Gasteiger partial charge in [-0.1, -0.05) is 31.0 Å². The van der Waals surface area contributed by atoms with Gasteiger partial charge in [0, 0.05) is 30.5 Å². The Morgan fingerprint density at radius 2 is 1.92 bits per heavy atom. The fraction of sp³-hybridized carbons (Fsp3) is 0.636. The monoisotopic (exact) mass is 339 g/mol. The van der Waals surface area contributed by atoms with E-state index in [0.29, 0.717) is 29.6 Å². The van der Waals surface area contributed by atoms with Gasteiger partial charge in [0.15, 0.2) is 0 Å². The molecule has 0 aromatic heterocycles. The van der Waals surface area contributed by atoms with E-state index in [-0.39, 0.29) is 11.8 Å². The van der Waals surface area contributed by atoms with Crippen LogP contribution < -0.4 is 0 Å². The summed E-state index contributed by atoms with van der Waals surface area (Å²) in [5, 5.41) is 0. The van der Waals surface area contributed by atoms with E-state index in [1.807, 2.05) is 24.3 Å². The van der Waals surface area contributed by atoms with Crippen molar-refractivity contribution in [2.24, 2.45) is 23.7 Å². The minimum atomic E-state index is 0.189. The molecule has 0 radical (unpaired) electrons. The van der Waals surface area contributed by atoms with Gasteiger partial charge < -0.3 is 4.90 Å². The Morgan fingerprint density at radius 1 is 1.16 bits per heavy atom. The second-order valence-corrected chi connectivity index (χ2v) is 8.34. The van der Waals surface area contributed by atoms with Gasteiger partial charge in [0.1, 0.15) is 5.78 Å². The average Bonchev–Trinajstić information content (AvgIpc) is 2.62. The molecule has 2 saturated carbocycles. The van der Waals surface area contributed by atoms with Crippen LogP contribution in [-0.2, 0) is 4.79 Å². The first-order valence-corrected chi connectivity index (χ1v) is 10.0. The van der Waals surface area contributed by atoms with Crippen molar-refractivity contribution < 1.29 is 9.59 Å². The molecule has 1 aromatic carbocycles. The van der Waals surface area contributed by atoms with E-state index in [1.165, 1.54) is 12.0 Å². The first kappa shape index (κ1) is 16.8. The van der Waals surface area contributed by atoms with Crippen LogP contribution >= 0.6 is 0 Å². The van der Waals surface area contributed by atoms with Gasteiger partial charge in [-0.25, -0.2) is 0 Å². The van der Waals surface area contributed by atoms with E-state index in [4.69, 9.17) is 0 Å². The second kappa shape index (κ2) is 6.59. The second-order valence-electron chi connectivity index (χ2n) is 8.34. The van der Waals surface area contributed by atoms with Crippen molar-refractivity contribution in [3.63, 3.8) is 0 Å². The molecule has 5 atom stereocenters. The SMILES string of the molecule is CC[C@@H]1C(=O)C[C@H]2CCN(C(=O)c3ccc(C)cc3)[C@H]3CCC[C@@H]1[C@H]23. The lowest BCUT2D eigenvalue weighted by Gasteiger charge is -2.55. The van der Waals surface area contributed by atoms with Crippen LogP contribution in [0.25, 0.3) is 0 Å². The number of carbonyl (C=O) groups excluding carboxylic acids is 2. The summed E-state index contributed by atoms with van der Waals surface area (Å²) in [4.78, 5) is 27.9. The van der Waals surface area contributed by atoms with Crippen LogP contribution in [0.1, 0.15) is 61.4 Å². The van der Waals surface area contributed by atoms with E-state index in [0.717, 1.165) is 44.2 Å². The van der Waals surface area contributed by atoms with Crippen LogP contribution in [-0.4, -0.2) is 29.2 Å². The summed E-state index contributed by atoms with van der Waals surface area (Å²) in [6.45, 7) is 5.02. The highest BCUT2D eigenvalue weighted by Crippen LogP contribution is 2.51. The third-order valence-electron chi connectivity index (χ3n) is 7.05. The van der Waals surface area contributed by atoms with Crippen molar-refractivity contribution in [1.29, 1.82) is 0 Å². The first-order chi connectivity index (χ1) is 12.1. The third-order valence-corrected chi connectivity index (χ3v) is 7.05. The molecule has 1 aromatic rings. The number of aryl methyl sites for hydroxylation is 1. The topological polar surface area (TPSA) is 37.4 Å². The Labute approximate surface area is 150 Å². The zero-order chi connectivity index (χ0) is 17.6. The van der Waals surface area contributed by atoms with Gasteiger partial charge in [-0.3, -0.25) is 9.59 Å². The van der Waals surface area contributed by atoms with Gasteiger partial charge in [0.05, 0.1) is 0 Å². The maximum Gasteiger partial charge on any atom is 0.254 e. The smallest absolute Gasteiger partial charge is 0.254 e. The quantitative estimate of drug-likeness (QED) is 0.808. The number of hydrogen-bond donors (Lipinski definition) is 0. The predicted octanol–water partition coefficient (Wildman–Crippen LogP) is 4.24. The Kier molecular flexibility index (Phi) is 4.43. The van der Waals surface area contributed by atoms with Crippen molar-refractivity contribution >= 4 is 11.7 Å². The Balaban J connectivity index is 1.61. The van der Waals surface area contributed by atoms with Gasteiger partial charge in [-0.2, -0.15) is 0 Å². The Hall–Kier alpha value is -1.64. The standard InChI is InChI=1S/C22H29NO2/c1-3-17-18-5-4-6-19-21(18)16(13-20(17)24)11-12-23(19)22(25)15-9-7-14(2)8-10-15/h7-10,16-19,21H,3-6,11-13H2,1-2H3/t16-,17+,18+,19+,21+/m1/s1. The number of nitrogens with zero attached hydrogens (tertiary/aromatic N) is 1. The van der Waals surface area contributed by atoms with Gasteiger partial charge in [0.25, 0.3) is 5.91 Å². The van der Waals surface area contributed by atoms with Crippen LogP contribution in [0.5, 0.6) is 0 Å². The number of amides is 1. The molecular weight excluding hydrogens is 310 g/mol. The maximum absolute atomic E-state index is 13.2. The van der Waals surface area contributed by atoms with Crippen LogP contribution in [0.15, 0.2) is 24.3 Å². The third kappa shape index (κ3) is 2.82. The molecule has 134 valence electrons. The maximum atomic E-state index is 13.2. The molecule has 1 heterocycles. The van der Waals surface area contributed by atoms with Crippen molar-refractivity contribution in [3.05, 3.63) is 35.4 Å². The van der Waals surface area contributed by atoms with Crippen molar-refractivity contribution in [1.82, 2.24) is 4.90 Å². The van der Waals surface area contributed by atoms with Gasteiger partial charge in [-0.15, -0.1) is 0 Å². The molecule has 0 spiro atoms. The van der Waals surface area contributed by atoms with Crippen LogP contribution in [0.3, 0.4) is 0 Å². The molecular formula is C22H29NO2. The largest absolute Gasteiger partial charge is 0.335 e. The van der Waals surface area contributed by atoms with E-state index < -0.39 is 0 Å². The molecule has 1 saturated heterocycles. The molecule has 3 nitrogen and oxygen atoms in total. The number of likely N-dealkylation sites (tertiary alicyclic amines) is 1. The summed E-state index contributed by atoms with van der Waals surface area (Å²) in [6.07, 6.45) is 6.15. The lowest BCUT2D eigenvalue weighted by Crippen LogP contribution is -2.59. The normalized spacial score (nSPS) is 34.6. The molecule has 25 heavy (non-hydrogen) atoms. The highest BCUT2D eigenvalue weighted by molar-refractivity contribution is 5.94. The number of rotatable bonds is 2. The number of carbonyl (C=O) groups is 2. The number of hydrogen-bond acceptors (Lipinski definition) is 2. The highest BCUT2D eigenvalue weighted by atomic mass is 16.2. The Bertz CT molecular complexity index is 665. The molecule has 0 N–H and O–H groups in total. The predicted molar refractivity (Wildman–Crippen MR) is 98.3 cm³/mol. The molecule has 0 unspecified atom stereocenters. The van der Waals surface area contributed by atoms with E-state index in [2.05, 4.69) is 18.7 Å². The zero-order valence-corrected chi connectivity index (χ0v) is 15.4. The van der Waals surface area contributed by atoms with Gasteiger partial charge >= 0.3 is 0 Å². The number of ketones is 1. The summed E-state index contributed by atoms with van der Waals surface area (Å²) in [5.41, 5.74) is 2.00. The van der Waals surface area contributed by atoms with E-state index in [9.17, 15) is 9.59 Å². The summed E-state index contributed by atoms with van der Waals surface area (Å²) in [7, 11) is 0. The molecule has 1 amide bonds. The summed E-state index contributed by atoms with van der Waals surface area (Å²) in [6, 6.07) is 8.31. The molecule has 3 aliphatic rings. The molecule has 1 aliphatic heterocycles. The van der Waals surface area contributed by atoms with Crippen molar-refractivity contribution in [2.45, 2.75) is 58.4 Å². The minimum absolute atomic E-state index is 0.189. The van der Waals surface area contributed by atoms with Crippen LogP contribution in [0.2, 0.25) is 0 Å².